The van der Waals surface area contributed by atoms with E-state index in [1.54, 1.807) is 12.1 Å². The van der Waals surface area contributed by atoms with Gasteiger partial charge in [0, 0.05) is 31.2 Å². The van der Waals surface area contributed by atoms with Crippen LogP contribution < -0.4 is 14.9 Å². The van der Waals surface area contributed by atoms with Gasteiger partial charge in [0.15, 0.2) is 0 Å². The van der Waals surface area contributed by atoms with E-state index in [4.69, 9.17) is 0 Å². The minimum Gasteiger partial charge on any atom is -0.378 e. The lowest BCUT2D eigenvalue weighted by Crippen LogP contribution is -2.27. The molecular formula is C18H21N3O3S2. The number of carbonyl (C=O) groups is 1. The van der Waals surface area contributed by atoms with Crippen LogP contribution in [0.4, 0.5) is 11.4 Å². The number of thioether (sulfide) groups is 1. The summed E-state index contributed by atoms with van der Waals surface area (Å²) >= 11 is 1.42. The highest BCUT2D eigenvalue weighted by molar-refractivity contribution is 8.01. The van der Waals surface area contributed by atoms with Gasteiger partial charge in [-0.1, -0.05) is 12.1 Å². The van der Waals surface area contributed by atoms with Crippen LogP contribution in [0, 0.1) is 0 Å². The van der Waals surface area contributed by atoms with Crippen molar-refractivity contribution in [2.75, 3.05) is 24.3 Å². The Bertz CT molecular complexity index is 925. The molecule has 0 radical (unpaired) electrons. The molecule has 1 atom stereocenters. The van der Waals surface area contributed by atoms with Crippen LogP contribution in [0.3, 0.4) is 0 Å². The fourth-order valence-corrected chi connectivity index (χ4v) is 4.50. The Morgan fingerprint density at radius 1 is 1.15 bits per heavy atom. The second kappa shape index (κ2) is 7.30. The largest absolute Gasteiger partial charge is 0.378 e. The Morgan fingerprint density at radius 2 is 1.85 bits per heavy atom. The van der Waals surface area contributed by atoms with Gasteiger partial charge in [-0.15, -0.1) is 11.8 Å². The molecule has 1 aliphatic heterocycles. The van der Waals surface area contributed by atoms with E-state index in [2.05, 4.69) is 10.0 Å². The molecule has 26 heavy (non-hydrogen) atoms. The summed E-state index contributed by atoms with van der Waals surface area (Å²) in [5, 5.41) is 2.57. The molecule has 0 saturated heterocycles. The Kier molecular flexibility index (Phi) is 5.27. The standard InChI is InChI=1S/C18H21N3O3S2/c1-12-18(22)20-16-10-15(8-9-17(16)25-12)26(23,24)19-11-13-4-6-14(7-5-13)21(2)3/h4-10,12,19H,11H2,1-3H3,(H,20,22). The summed E-state index contributed by atoms with van der Waals surface area (Å²) < 4.78 is 27.8. The summed E-state index contributed by atoms with van der Waals surface area (Å²) in [4.78, 5) is 14.8. The van der Waals surface area contributed by atoms with Crippen molar-refractivity contribution >= 4 is 39.1 Å². The lowest BCUT2D eigenvalue weighted by atomic mass is 10.2. The quantitative estimate of drug-likeness (QED) is 0.819. The molecule has 2 aromatic carbocycles. The predicted octanol–water partition coefficient (Wildman–Crippen LogP) is 2.66. The Morgan fingerprint density at radius 3 is 2.50 bits per heavy atom. The summed E-state index contributed by atoms with van der Waals surface area (Å²) in [6, 6.07) is 12.5. The highest BCUT2D eigenvalue weighted by Gasteiger charge is 2.25. The topological polar surface area (TPSA) is 78.5 Å². The predicted molar refractivity (Wildman–Crippen MR) is 105 cm³/mol. The second-order valence-electron chi connectivity index (χ2n) is 6.29. The highest BCUT2D eigenvalue weighted by atomic mass is 32.2. The van der Waals surface area contributed by atoms with Crippen molar-refractivity contribution in [2.24, 2.45) is 0 Å². The van der Waals surface area contributed by atoms with Gasteiger partial charge in [-0.05, 0) is 42.8 Å². The number of benzene rings is 2. The number of nitrogens with one attached hydrogen (secondary N) is 2. The van der Waals surface area contributed by atoms with Crippen molar-refractivity contribution in [2.45, 2.75) is 28.5 Å². The van der Waals surface area contributed by atoms with Gasteiger partial charge < -0.3 is 10.2 Å². The normalized spacial score (nSPS) is 16.7. The molecule has 2 aromatic rings. The maximum Gasteiger partial charge on any atom is 0.240 e. The smallest absolute Gasteiger partial charge is 0.240 e. The molecule has 1 amide bonds. The van der Waals surface area contributed by atoms with Crippen LogP contribution in [0.1, 0.15) is 12.5 Å². The Balaban J connectivity index is 1.74. The summed E-state index contributed by atoms with van der Waals surface area (Å²) in [5.41, 5.74) is 2.46. The highest BCUT2D eigenvalue weighted by Crippen LogP contribution is 2.36. The fourth-order valence-electron chi connectivity index (χ4n) is 2.53. The number of carbonyl (C=O) groups excluding carboxylic acids is 1. The van der Waals surface area contributed by atoms with Gasteiger partial charge in [0.1, 0.15) is 0 Å². The number of fused-ring (bicyclic) bond motifs is 1. The van der Waals surface area contributed by atoms with Crippen molar-refractivity contribution < 1.29 is 13.2 Å². The minimum absolute atomic E-state index is 0.119. The van der Waals surface area contributed by atoms with Crippen LogP contribution in [0.15, 0.2) is 52.3 Å². The Labute approximate surface area is 158 Å². The molecule has 6 nitrogen and oxygen atoms in total. The average molecular weight is 392 g/mol. The van der Waals surface area contributed by atoms with E-state index in [9.17, 15) is 13.2 Å². The minimum atomic E-state index is -3.67. The fraction of sp³-hybridized carbons (Fsp3) is 0.278. The molecule has 1 heterocycles. The van der Waals surface area contributed by atoms with E-state index in [0.29, 0.717) is 5.69 Å². The number of sulfonamides is 1. The first-order valence-electron chi connectivity index (χ1n) is 8.14. The maximum absolute atomic E-state index is 12.6. The molecular weight excluding hydrogens is 370 g/mol. The molecule has 1 unspecified atom stereocenters. The molecule has 0 spiro atoms. The van der Waals surface area contributed by atoms with Crippen molar-refractivity contribution in [3.05, 3.63) is 48.0 Å². The molecule has 0 aromatic heterocycles. The molecule has 0 saturated carbocycles. The number of nitrogens with zero attached hydrogens (tertiary/aromatic N) is 1. The first-order valence-corrected chi connectivity index (χ1v) is 10.5. The molecule has 0 aliphatic carbocycles. The SMILES string of the molecule is CC1Sc2ccc(S(=O)(=O)NCc3ccc(N(C)C)cc3)cc2NC1=O. The monoisotopic (exact) mass is 391 g/mol. The van der Waals surface area contributed by atoms with Crippen LogP contribution in [-0.4, -0.2) is 33.7 Å². The molecule has 8 heteroatoms. The number of amides is 1. The first kappa shape index (κ1) is 18.8. The third kappa shape index (κ3) is 4.03. The van der Waals surface area contributed by atoms with Crippen LogP contribution in [-0.2, 0) is 21.4 Å². The van der Waals surface area contributed by atoms with Gasteiger partial charge in [-0.3, -0.25) is 4.79 Å². The van der Waals surface area contributed by atoms with Gasteiger partial charge in [0.25, 0.3) is 0 Å². The number of hydrogen-bond donors (Lipinski definition) is 2. The second-order valence-corrected chi connectivity index (χ2v) is 9.44. The van der Waals surface area contributed by atoms with Crippen molar-refractivity contribution in [1.82, 2.24) is 4.72 Å². The molecule has 0 fully saturated rings. The summed E-state index contributed by atoms with van der Waals surface area (Å²) in [6.45, 7) is 2.02. The van der Waals surface area contributed by atoms with Gasteiger partial charge in [-0.2, -0.15) is 0 Å². The summed E-state index contributed by atoms with van der Waals surface area (Å²) in [6.07, 6.45) is 0. The third-order valence-electron chi connectivity index (χ3n) is 4.11. The van der Waals surface area contributed by atoms with E-state index >= 15 is 0 Å². The van der Waals surface area contributed by atoms with E-state index < -0.39 is 10.0 Å². The van der Waals surface area contributed by atoms with Gasteiger partial charge >= 0.3 is 0 Å². The zero-order valence-corrected chi connectivity index (χ0v) is 16.4. The van der Waals surface area contributed by atoms with Gasteiger partial charge in [0.2, 0.25) is 15.9 Å². The summed E-state index contributed by atoms with van der Waals surface area (Å²) in [7, 11) is 0.230. The van der Waals surface area contributed by atoms with E-state index in [1.807, 2.05) is 50.2 Å². The molecule has 138 valence electrons. The van der Waals surface area contributed by atoms with Crippen molar-refractivity contribution in [1.29, 1.82) is 0 Å². The molecule has 2 N–H and O–H groups in total. The molecule has 1 aliphatic rings. The zero-order valence-electron chi connectivity index (χ0n) is 14.8. The molecule has 0 bridgehead atoms. The van der Waals surface area contributed by atoms with Crippen LogP contribution >= 0.6 is 11.8 Å². The van der Waals surface area contributed by atoms with Crippen LogP contribution in [0.25, 0.3) is 0 Å². The zero-order chi connectivity index (χ0) is 18.9. The maximum atomic E-state index is 12.6. The lowest BCUT2D eigenvalue weighted by Gasteiger charge is -2.21. The molecule has 3 rings (SSSR count). The average Bonchev–Trinajstić information content (AvgIpc) is 2.61. The van der Waals surface area contributed by atoms with E-state index in [1.165, 1.54) is 17.8 Å². The lowest BCUT2D eigenvalue weighted by molar-refractivity contribution is -0.115. The van der Waals surface area contributed by atoms with Crippen molar-refractivity contribution in [3.8, 4) is 0 Å². The van der Waals surface area contributed by atoms with Crippen LogP contribution in [0.5, 0.6) is 0 Å². The van der Waals surface area contributed by atoms with E-state index in [0.717, 1.165) is 16.1 Å². The third-order valence-corrected chi connectivity index (χ3v) is 6.69. The summed E-state index contributed by atoms with van der Waals surface area (Å²) in [5.74, 6) is -0.119. The number of hydrogen-bond acceptors (Lipinski definition) is 5. The van der Waals surface area contributed by atoms with Crippen molar-refractivity contribution in [3.63, 3.8) is 0 Å². The van der Waals surface area contributed by atoms with Gasteiger partial charge in [0.05, 0.1) is 15.8 Å². The number of rotatable bonds is 5. The van der Waals surface area contributed by atoms with E-state index in [-0.39, 0.29) is 22.6 Å². The van der Waals surface area contributed by atoms with Crippen LogP contribution in [0.2, 0.25) is 0 Å². The van der Waals surface area contributed by atoms with Gasteiger partial charge in [-0.25, -0.2) is 13.1 Å². The number of anilines is 2. The Hall–Kier alpha value is -2.03. The first-order chi connectivity index (χ1) is 12.3.